The Kier molecular flexibility index (Phi) is 3.41. The molecule has 7 heteroatoms. The summed E-state index contributed by atoms with van der Waals surface area (Å²) < 4.78 is 3.78. The van der Waals surface area contributed by atoms with Crippen LogP contribution in [0.4, 0.5) is 10.6 Å². The number of nitrogens with one attached hydrogen (secondary N) is 2. The summed E-state index contributed by atoms with van der Waals surface area (Å²) in [5.41, 5.74) is 0. The number of hydrogen-bond acceptors (Lipinski definition) is 3. The largest absolute Gasteiger partial charge is 0.337 e. The van der Waals surface area contributed by atoms with Crippen LogP contribution < -0.4 is 10.6 Å². The summed E-state index contributed by atoms with van der Waals surface area (Å²) in [4.78, 5) is 16.1. The molecule has 1 aliphatic heterocycles. The molecule has 3 heterocycles. The van der Waals surface area contributed by atoms with Crippen LogP contribution in [-0.2, 0) is 20.0 Å². The lowest BCUT2D eigenvalue weighted by molar-refractivity contribution is 0.247. The van der Waals surface area contributed by atoms with Crippen molar-refractivity contribution < 1.29 is 4.79 Å². The van der Waals surface area contributed by atoms with Gasteiger partial charge in [-0.15, -0.1) is 0 Å². The predicted molar refractivity (Wildman–Crippen MR) is 74.3 cm³/mol. The molecular formula is C13H18N6O. The van der Waals surface area contributed by atoms with Crippen LogP contribution >= 0.6 is 0 Å². The quantitative estimate of drug-likeness (QED) is 0.876. The maximum Gasteiger partial charge on any atom is 0.320 e. The third-order valence-electron chi connectivity index (χ3n) is 3.65. The van der Waals surface area contributed by atoms with E-state index in [-0.39, 0.29) is 6.03 Å². The van der Waals surface area contributed by atoms with E-state index in [1.807, 2.05) is 12.4 Å². The Morgan fingerprint density at radius 1 is 1.50 bits per heavy atom. The molecule has 7 nitrogen and oxygen atoms in total. The summed E-state index contributed by atoms with van der Waals surface area (Å²) in [7, 11) is 1.79. The van der Waals surface area contributed by atoms with Crippen molar-refractivity contribution in [1.29, 1.82) is 0 Å². The maximum absolute atomic E-state index is 11.8. The smallest absolute Gasteiger partial charge is 0.320 e. The molecular weight excluding hydrogens is 256 g/mol. The normalized spacial score (nSPS) is 17.6. The number of imidazole rings is 1. The lowest BCUT2D eigenvalue weighted by atomic mass is 9.99. The molecule has 0 bridgehead atoms. The number of fused-ring (bicyclic) bond motifs is 1. The van der Waals surface area contributed by atoms with Gasteiger partial charge >= 0.3 is 6.03 Å². The van der Waals surface area contributed by atoms with Crippen molar-refractivity contribution in [1.82, 2.24) is 24.6 Å². The number of carbonyl (C=O) groups excluding carboxylic acids is 1. The average molecular weight is 274 g/mol. The third-order valence-corrected chi connectivity index (χ3v) is 3.65. The molecule has 2 N–H and O–H groups in total. The standard InChI is InChI=1S/C13H18N6O/c1-18-12(4-5-16-18)17-13(20)15-8-10-2-3-11-14-6-7-19(11)9-10/h4-7,10H,2-3,8-9H2,1H3,(H2,15,17,20)/t10-/m1/s1. The SMILES string of the molecule is Cn1nccc1NC(=O)NC[C@H]1CCc2nccn2C1. The van der Waals surface area contributed by atoms with Crippen molar-refractivity contribution in [3.05, 3.63) is 30.5 Å². The molecule has 2 aromatic heterocycles. The molecule has 3 rings (SSSR count). The Labute approximate surface area is 117 Å². The molecule has 0 spiro atoms. The first-order valence-electron chi connectivity index (χ1n) is 6.75. The van der Waals surface area contributed by atoms with Crippen LogP contribution in [-0.4, -0.2) is 31.9 Å². The van der Waals surface area contributed by atoms with Gasteiger partial charge in [-0.05, 0) is 12.3 Å². The van der Waals surface area contributed by atoms with Crippen LogP contribution in [0.1, 0.15) is 12.2 Å². The second kappa shape index (κ2) is 5.36. The third kappa shape index (κ3) is 2.66. The number of aromatic nitrogens is 4. The highest BCUT2D eigenvalue weighted by molar-refractivity contribution is 5.88. The van der Waals surface area contributed by atoms with E-state index in [1.54, 1.807) is 24.0 Å². The van der Waals surface area contributed by atoms with Crippen LogP contribution in [0.25, 0.3) is 0 Å². The Morgan fingerprint density at radius 3 is 3.20 bits per heavy atom. The van der Waals surface area contributed by atoms with Gasteiger partial charge in [-0.25, -0.2) is 9.78 Å². The lowest BCUT2D eigenvalue weighted by Crippen LogP contribution is -2.36. The van der Waals surface area contributed by atoms with Gasteiger partial charge < -0.3 is 9.88 Å². The molecule has 0 aromatic carbocycles. The molecule has 0 unspecified atom stereocenters. The maximum atomic E-state index is 11.8. The number of anilines is 1. The number of nitrogens with zero attached hydrogens (tertiary/aromatic N) is 4. The summed E-state index contributed by atoms with van der Waals surface area (Å²) >= 11 is 0. The fourth-order valence-electron chi connectivity index (χ4n) is 2.50. The summed E-state index contributed by atoms with van der Waals surface area (Å²) in [6, 6.07) is 1.57. The van der Waals surface area contributed by atoms with Crippen LogP contribution in [0, 0.1) is 5.92 Å². The van der Waals surface area contributed by atoms with Crippen molar-refractivity contribution in [2.45, 2.75) is 19.4 Å². The summed E-state index contributed by atoms with van der Waals surface area (Å²) in [6.07, 6.45) is 7.51. The van der Waals surface area contributed by atoms with E-state index in [9.17, 15) is 4.79 Å². The second-order valence-electron chi connectivity index (χ2n) is 5.08. The minimum atomic E-state index is -0.190. The van der Waals surface area contributed by atoms with Crippen molar-refractivity contribution >= 4 is 11.8 Å². The zero-order valence-electron chi connectivity index (χ0n) is 11.4. The van der Waals surface area contributed by atoms with Crippen LogP contribution in [0.3, 0.4) is 0 Å². The molecule has 2 amide bonds. The molecule has 0 saturated heterocycles. The fourth-order valence-corrected chi connectivity index (χ4v) is 2.50. The van der Waals surface area contributed by atoms with Gasteiger partial charge in [0.15, 0.2) is 0 Å². The van der Waals surface area contributed by atoms with Gasteiger partial charge in [0.2, 0.25) is 0 Å². The van der Waals surface area contributed by atoms with Gasteiger partial charge in [0, 0.05) is 45.0 Å². The highest BCUT2D eigenvalue weighted by Gasteiger charge is 2.19. The molecule has 0 fully saturated rings. The first-order valence-corrected chi connectivity index (χ1v) is 6.75. The van der Waals surface area contributed by atoms with Gasteiger partial charge in [0.1, 0.15) is 11.6 Å². The zero-order valence-corrected chi connectivity index (χ0v) is 11.4. The molecule has 0 saturated carbocycles. The van der Waals surface area contributed by atoms with Crippen molar-refractivity contribution in [2.75, 3.05) is 11.9 Å². The number of aryl methyl sites for hydroxylation is 2. The van der Waals surface area contributed by atoms with E-state index in [0.717, 1.165) is 25.2 Å². The van der Waals surface area contributed by atoms with Crippen molar-refractivity contribution in [3.8, 4) is 0 Å². The van der Waals surface area contributed by atoms with E-state index >= 15 is 0 Å². The summed E-state index contributed by atoms with van der Waals surface area (Å²) in [5, 5.41) is 9.69. The molecule has 1 atom stereocenters. The van der Waals surface area contributed by atoms with E-state index in [0.29, 0.717) is 18.3 Å². The monoisotopic (exact) mass is 274 g/mol. The lowest BCUT2D eigenvalue weighted by Gasteiger charge is -2.23. The average Bonchev–Trinajstić information content (AvgIpc) is 3.05. The Balaban J connectivity index is 1.48. The molecule has 1 aliphatic rings. The summed E-state index contributed by atoms with van der Waals surface area (Å²) in [6.45, 7) is 1.59. The van der Waals surface area contributed by atoms with Crippen molar-refractivity contribution in [2.24, 2.45) is 13.0 Å². The summed E-state index contributed by atoms with van der Waals surface area (Å²) in [5.74, 6) is 2.28. The molecule has 20 heavy (non-hydrogen) atoms. The minimum absolute atomic E-state index is 0.190. The number of rotatable bonds is 3. The van der Waals surface area contributed by atoms with Gasteiger partial charge in [-0.2, -0.15) is 5.10 Å². The Bertz CT molecular complexity index is 602. The van der Waals surface area contributed by atoms with E-state index in [2.05, 4.69) is 25.3 Å². The highest BCUT2D eigenvalue weighted by atomic mass is 16.2. The number of urea groups is 1. The fraction of sp³-hybridized carbons (Fsp3) is 0.462. The van der Waals surface area contributed by atoms with Gasteiger partial charge in [-0.1, -0.05) is 0 Å². The second-order valence-corrected chi connectivity index (χ2v) is 5.08. The van der Waals surface area contributed by atoms with E-state index in [4.69, 9.17) is 0 Å². The predicted octanol–water partition coefficient (Wildman–Crippen LogP) is 1.00. The first kappa shape index (κ1) is 12.7. The van der Waals surface area contributed by atoms with Gasteiger partial charge in [0.25, 0.3) is 0 Å². The Morgan fingerprint density at radius 2 is 2.40 bits per heavy atom. The number of hydrogen-bond donors (Lipinski definition) is 2. The number of amides is 2. The topological polar surface area (TPSA) is 76.8 Å². The molecule has 2 aromatic rings. The van der Waals surface area contributed by atoms with E-state index < -0.39 is 0 Å². The molecule has 106 valence electrons. The molecule has 0 aliphatic carbocycles. The zero-order chi connectivity index (χ0) is 13.9. The Hall–Kier alpha value is -2.31. The highest BCUT2D eigenvalue weighted by Crippen LogP contribution is 2.17. The molecule has 0 radical (unpaired) electrons. The van der Waals surface area contributed by atoms with Crippen LogP contribution in [0.2, 0.25) is 0 Å². The van der Waals surface area contributed by atoms with Crippen molar-refractivity contribution in [3.63, 3.8) is 0 Å². The van der Waals surface area contributed by atoms with Gasteiger partial charge in [0.05, 0.1) is 6.20 Å². The minimum Gasteiger partial charge on any atom is -0.337 e. The van der Waals surface area contributed by atoms with E-state index in [1.165, 1.54) is 0 Å². The number of carbonyl (C=O) groups is 1. The van der Waals surface area contributed by atoms with Crippen LogP contribution in [0.5, 0.6) is 0 Å². The van der Waals surface area contributed by atoms with Crippen LogP contribution in [0.15, 0.2) is 24.7 Å². The first-order chi connectivity index (χ1) is 9.72. The van der Waals surface area contributed by atoms with Gasteiger partial charge in [-0.3, -0.25) is 10.00 Å².